The monoisotopic (exact) mass is 300 g/mol. The van der Waals surface area contributed by atoms with E-state index in [2.05, 4.69) is 26.6 Å². The highest BCUT2D eigenvalue weighted by atomic mass is 16.5. The molecule has 5 heteroatoms. The second-order valence-corrected chi connectivity index (χ2v) is 5.84. The van der Waals surface area contributed by atoms with E-state index in [1.54, 1.807) is 0 Å². The van der Waals surface area contributed by atoms with Crippen molar-refractivity contribution in [2.75, 3.05) is 19.7 Å². The summed E-state index contributed by atoms with van der Waals surface area (Å²) in [5.41, 5.74) is 0. The minimum atomic E-state index is 0.352. The van der Waals surface area contributed by atoms with Crippen molar-refractivity contribution < 1.29 is 4.74 Å². The molecule has 1 aliphatic heterocycles. The maximum absolute atomic E-state index is 5.74. The lowest BCUT2D eigenvalue weighted by Crippen LogP contribution is -2.38. The highest BCUT2D eigenvalue weighted by Crippen LogP contribution is 2.24. The van der Waals surface area contributed by atoms with Gasteiger partial charge in [-0.25, -0.2) is 0 Å². The molecule has 0 N–H and O–H groups in total. The number of aromatic nitrogens is 3. The Morgan fingerprint density at radius 1 is 1.14 bits per heavy atom. The molecule has 0 radical (unpaired) electrons. The average molecular weight is 300 g/mol. The number of nitrogens with zero attached hydrogens (tertiary/aromatic N) is 4. The molecule has 0 saturated heterocycles. The fourth-order valence-corrected chi connectivity index (χ4v) is 3.00. The molecule has 2 aromatic rings. The quantitative estimate of drug-likeness (QED) is 0.769. The van der Waals surface area contributed by atoms with E-state index in [4.69, 9.17) is 4.74 Å². The van der Waals surface area contributed by atoms with E-state index in [0.29, 0.717) is 6.04 Å². The first-order valence-electron chi connectivity index (χ1n) is 8.07. The fourth-order valence-electron chi connectivity index (χ4n) is 3.00. The van der Waals surface area contributed by atoms with Crippen LogP contribution in [0.1, 0.15) is 37.5 Å². The van der Waals surface area contributed by atoms with Crippen LogP contribution in [0.15, 0.2) is 30.3 Å². The molecular formula is C17H24N4O. The zero-order valence-corrected chi connectivity index (χ0v) is 13.4. The Morgan fingerprint density at radius 3 is 2.77 bits per heavy atom. The molecule has 2 heterocycles. The van der Waals surface area contributed by atoms with E-state index in [9.17, 15) is 0 Å². The first-order valence-corrected chi connectivity index (χ1v) is 8.07. The molecular weight excluding hydrogens is 276 g/mol. The van der Waals surface area contributed by atoms with Crippen molar-refractivity contribution in [2.45, 2.75) is 39.3 Å². The number of aryl methyl sites for hydroxylation is 1. The molecule has 1 aromatic heterocycles. The maximum Gasteiger partial charge on any atom is 0.150 e. The van der Waals surface area contributed by atoms with E-state index < -0.39 is 0 Å². The van der Waals surface area contributed by atoms with Gasteiger partial charge in [-0.3, -0.25) is 4.90 Å². The van der Waals surface area contributed by atoms with Gasteiger partial charge in [-0.05, 0) is 45.4 Å². The van der Waals surface area contributed by atoms with Crippen LogP contribution in [0.5, 0.6) is 5.75 Å². The van der Waals surface area contributed by atoms with Gasteiger partial charge in [0.2, 0.25) is 0 Å². The number of unbranched alkanes of at least 4 members (excludes halogenated alkanes) is 1. The second-order valence-electron chi connectivity index (χ2n) is 5.84. The summed E-state index contributed by atoms with van der Waals surface area (Å²) in [5.74, 6) is 3.08. The van der Waals surface area contributed by atoms with Crippen LogP contribution in [-0.2, 0) is 6.54 Å². The molecule has 0 spiro atoms. The predicted molar refractivity (Wildman–Crippen MR) is 85.9 cm³/mol. The van der Waals surface area contributed by atoms with Gasteiger partial charge in [0.1, 0.15) is 17.4 Å². The summed E-state index contributed by atoms with van der Waals surface area (Å²) >= 11 is 0. The zero-order valence-electron chi connectivity index (χ0n) is 13.4. The van der Waals surface area contributed by atoms with E-state index in [0.717, 1.165) is 56.5 Å². The van der Waals surface area contributed by atoms with Crippen LogP contribution in [0.2, 0.25) is 0 Å². The maximum atomic E-state index is 5.74. The minimum Gasteiger partial charge on any atom is -0.494 e. The lowest BCUT2D eigenvalue weighted by Gasteiger charge is -2.33. The third-order valence-electron chi connectivity index (χ3n) is 4.35. The van der Waals surface area contributed by atoms with Crippen LogP contribution < -0.4 is 4.74 Å². The van der Waals surface area contributed by atoms with Crippen molar-refractivity contribution in [3.63, 3.8) is 0 Å². The van der Waals surface area contributed by atoms with Crippen molar-refractivity contribution in [2.24, 2.45) is 0 Å². The SMILES string of the molecule is Cc1nnc2n1CCN(CCCCOc1ccccc1)C2C. The third-order valence-corrected chi connectivity index (χ3v) is 4.35. The smallest absolute Gasteiger partial charge is 0.150 e. The lowest BCUT2D eigenvalue weighted by molar-refractivity contribution is 0.157. The minimum absolute atomic E-state index is 0.352. The molecule has 1 unspecified atom stereocenters. The predicted octanol–water partition coefficient (Wildman–Crippen LogP) is 2.82. The van der Waals surface area contributed by atoms with E-state index in [1.165, 1.54) is 0 Å². The molecule has 5 nitrogen and oxygen atoms in total. The third kappa shape index (κ3) is 3.30. The Balaban J connectivity index is 1.41. The average Bonchev–Trinajstić information content (AvgIpc) is 2.92. The van der Waals surface area contributed by atoms with Crippen molar-refractivity contribution in [3.8, 4) is 5.75 Å². The molecule has 1 atom stereocenters. The van der Waals surface area contributed by atoms with Crippen molar-refractivity contribution >= 4 is 0 Å². The van der Waals surface area contributed by atoms with Gasteiger partial charge in [0, 0.05) is 13.1 Å². The van der Waals surface area contributed by atoms with Gasteiger partial charge < -0.3 is 9.30 Å². The van der Waals surface area contributed by atoms with Crippen LogP contribution in [0.3, 0.4) is 0 Å². The molecule has 0 amide bonds. The number of hydrogen-bond donors (Lipinski definition) is 0. The Labute approximate surface area is 131 Å². The van der Waals surface area contributed by atoms with Gasteiger partial charge in [0.05, 0.1) is 12.6 Å². The van der Waals surface area contributed by atoms with Crippen LogP contribution in [0.4, 0.5) is 0 Å². The largest absolute Gasteiger partial charge is 0.494 e. The summed E-state index contributed by atoms with van der Waals surface area (Å²) in [4.78, 5) is 2.49. The highest BCUT2D eigenvalue weighted by molar-refractivity contribution is 5.20. The fraction of sp³-hybridized carbons (Fsp3) is 0.529. The van der Waals surface area contributed by atoms with E-state index in [-0.39, 0.29) is 0 Å². The summed E-state index contributed by atoms with van der Waals surface area (Å²) in [5, 5.41) is 8.51. The number of rotatable bonds is 6. The van der Waals surface area contributed by atoms with Crippen LogP contribution in [0, 0.1) is 6.92 Å². The van der Waals surface area contributed by atoms with Crippen molar-refractivity contribution in [3.05, 3.63) is 42.0 Å². The molecule has 22 heavy (non-hydrogen) atoms. The van der Waals surface area contributed by atoms with Gasteiger partial charge in [-0.2, -0.15) is 0 Å². The van der Waals surface area contributed by atoms with Crippen LogP contribution in [-0.4, -0.2) is 39.4 Å². The molecule has 0 bridgehead atoms. The van der Waals surface area contributed by atoms with Gasteiger partial charge >= 0.3 is 0 Å². The number of benzene rings is 1. The van der Waals surface area contributed by atoms with Gasteiger partial charge in [0.15, 0.2) is 0 Å². The van der Waals surface area contributed by atoms with E-state index >= 15 is 0 Å². The normalized spacial score (nSPS) is 18.2. The van der Waals surface area contributed by atoms with Crippen LogP contribution in [0.25, 0.3) is 0 Å². The van der Waals surface area contributed by atoms with Crippen molar-refractivity contribution in [1.82, 2.24) is 19.7 Å². The van der Waals surface area contributed by atoms with Crippen molar-refractivity contribution in [1.29, 1.82) is 0 Å². The summed E-state index contributed by atoms with van der Waals surface area (Å²) in [6.07, 6.45) is 2.22. The number of ether oxygens (including phenoxy) is 1. The first-order chi connectivity index (χ1) is 10.8. The second kappa shape index (κ2) is 6.92. The standard InChI is InChI=1S/C17H24N4O/c1-14-17-19-18-15(2)21(17)12-11-20(14)10-6-7-13-22-16-8-4-3-5-9-16/h3-5,8-9,14H,6-7,10-13H2,1-2H3. The molecule has 0 fully saturated rings. The van der Waals surface area contributed by atoms with Gasteiger partial charge in [-0.15, -0.1) is 10.2 Å². The Bertz CT molecular complexity index is 596. The Hall–Kier alpha value is -1.88. The molecule has 3 rings (SSSR count). The Kier molecular flexibility index (Phi) is 4.73. The Morgan fingerprint density at radius 2 is 1.95 bits per heavy atom. The molecule has 1 aromatic carbocycles. The lowest BCUT2D eigenvalue weighted by atomic mass is 10.2. The van der Waals surface area contributed by atoms with E-state index in [1.807, 2.05) is 37.3 Å². The van der Waals surface area contributed by atoms with Gasteiger partial charge in [0.25, 0.3) is 0 Å². The molecule has 118 valence electrons. The zero-order chi connectivity index (χ0) is 15.4. The summed E-state index contributed by atoms with van der Waals surface area (Å²) in [6.45, 7) is 8.19. The summed E-state index contributed by atoms with van der Waals surface area (Å²) < 4.78 is 7.97. The number of para-hydroxylation sites is 1. The number of hydrogen-bond acceptors (Lipinski definition) is 4. The highest BCUT2D eigenvalue weighted by Gasteiger charge is 2.26. The van der Waals surface area contributed by atoms with Gasteiger partial charge in [-0.1, -0.05) is 18.2 Å². The van der Waals surface area contributed by atoms with Crippen LogP contribution >= 0.6 is 0 Å². The molecule has 1 aliphatic rings. The first kappa shape index (κ1) is 15.0. The summed E-state index contributed by atoms with van der Waals surface area (Å²) in [6, 6.07) is 10.4. The number of fused-ring (bicyclic) bond motifs is 1. The summed E-state index contributed by atoms with van der Waals surface area (Å²) in [7, 11) is 0. The molecule has 0 aliphatic carbocycles. The molecule has 0 saturated carbocycles. The topological polar surface area (TPSA) is 43.2 Å².